The smallest absolute Gasteiger partial charge is 0.308 e. The highest BCUT2D eigenvalue weighted by Crippen LogP contribution is 2.26. The van der Waals surface area contributed by atoms with Gasteiger partial charge >= 0.3 is 5.97 Å². The second kappa shape index (κ2) is 4.40. The van der Waals surface area contributed by atoms with Gasteiger partial charge in [0.15, 0.2) is 0 Å². The van der Waals surface area contributed by atoms with E-state index in [4.69, 9.17) is 4.74 Å². The Morgan fingerprint density at radius 3 is 2.85 bits per heavy atom. The van der Waals surface area contributed by atoms with Gasteiger partial charge in [-0.2, -0.15) is 0 Å². The van der Waals surface area contributed by atoms with Gasteiger partial charge in [-0.25, -0.2) is 0 Å². The molecule has 0 unspecified atom stereocenters. The summed E-state index contributed by atoms with van der Waals surface area (Å²) < 4.78 is 4.91. The second-order valence-corrected chi connectivity index (χ2v) is 3.59. The van der Waals surface area contributed by atoms with Crippen molar-refractivity contribution in [3.8, 4) is 0 Å². The second-order valence-electron chi connectivity index (χ2n) is 3.59. The highest BCUT2D eigenvalue weighted by Gasteiger charge is 2.30. The van der Waals surface area contributed by atoms with E-state index in [0.717, 1.165) is 0 Å². The minimum absolute atomic E-state index is 0.0307. The summed E-state index contributed by atoms with van der Waals surface area (Å²) in [7, 11) is 0. The number of hydrogen-bond acceptors (Lipinski definition) is 3. The van der Waals surface area contributed by atoms with Crippen LogP contribution in [0.5, 0.6) is 0 Å². The zero-order chi connectivity index (χ0) is 9.84. The van der Waals surface area contributed by atoms with E-state index in [1.54, 1.807) is 6.92 Å². The molecule has 13 heavy (non-hydrogen) atoms. The third-order valence-electron chi connectivity index (χ3n) is 2.55. The number of carbonyl (C=O) groups is 2. The molecule has 3 heteroatoms. The van der Waals surface area contributed by atoms with E-state index in [9.17, 15) is 9.59 Å². The lowest BCUT2D eigenvalue weighted by Gasteiger charge is -2.23. The summed E-state index contributed by atoms with van der Waals surface area (Å²) in [6.45, 7) is 4.11. The Bertz CT molecular complexity index is 210. The molecule has 1 fully saturated rings. The maximum atomic E-state index is 11.3. The van der Waals surface area contributed by atoms with E-state index in [1.807, 2.05) is 6.92 Å². The van der Waals surface area contributed by atoms with Crippen molar-refractivity contribution in [2.45, 2.75) is 33.1 Å². The van der Waals surface area contributed by atoms with Crippen LogP contribution in [-0.4, -0.2) is 18.4 Å². The summed E-state index contributed by atoms with van der Waals surface area (Å²) in [5.74, 6) is 0.123. The summed E-state index contributed by atoms with van der Waals surface area (Å²) in [5.41, 5.74) is 0. The molecule has 0 spiro atoms. The summed E-state index contributed by atoms with van der Waals surface area (Å²) in [4.78, 5) is 22.5. The van der Waals surface area contributed by atoms with Gasteiger partial charge in [-0.15, -0.1) is 0 Å². The Balaban J connectivity index is 2.45. The molecule has 1 saturated carbocycles. The Kier molecular flexibility index (Phi) is 3.46. The number of ether oxygens (including phenoxy) is 1. The van der Waals surface area contributed by atoms with Crippen LogP contribution in [0.2, 0.25) is 0 Å². The molecule has 0 bridgehead atoms. The molecule has 74 valence electrons. The average Bonchev–Trinajstić information content (AvgIpc) is 2.10. The molecule has 0 aromatic carbocycles. The molecular weight excluding hydrogens is 168 g/mol. The molecule has 0 radical (unpaired) electrons. The van der Waals surface area contributed by atoms with Crippen molar-refractivity contribution >= 4 is 11.8 Å². The molecule has 0 aromatic rings. The fourth-order valence-corrected chi connectivity index (χ4v) is 1.71. The number of carbonyl (C=O) groups excluding carboxylic acids is 2. The largest absolute Gasteiger partial charge is 0.466 e. The average molecular weight is 184 g/mol. The number of Topliss-reactive ketones (excluding diaryl/α,β-unsaturated/α-hetero) is 1. The molecule has 3 nitrogen and oxygen atoms in total. The van der Waals surface area contributed by atoms with Gasteiger partial charge < -0.3 is 4.74 Å². The molecule has 1 rings (SSSR count). The fourth-order valence-electron chi connectivity index (χ4n) is 1.71. The first-order valence-corrected chi connectivity index (χ1v) is 4.84. The van der Waals surface area contributed by atoms with Gasteiger partial charge in [-0.1, -0.05) is 6.92 Å². The minimum atomic E-state index is -0.137. The standard InChI is InChI=1S/C10H16O3/c1-3-13-10(12)8-4-5-9(11)7(2)6-8/h7-8H,3-6H2,1-2H3/t7-,8+/m0/s1. The number of esters is 1. The van der Waals surface area contributed by atoms with Crippen LogP contribution in [0.3, 0.4) is 0 Å². The minimum Gasteiger partial charge on any atom is -0.466 e. The summed E-state index contributed by atoms with van der Waals surface area (Å²) >= 11 is 0. The first-order chi connectivity index (χ1) is 6.15. The quantitative estimate of drug-likeness (QED) is 0.611. The topological polar surface area (TPSA) is 43.4 Å². The predicted molar refractivity (Wildman–Crippen MR) is 48.1 cm³/mol. The lowest BCUT2D eigenvalue weighted by Crippen LogP contribution is -2.28. The lowest BCUT2D eigenvalue weighted by atomic mass is 9.81. The molecule has 0 amide bonds. The molecule has 1 aliphatic rings. The van der Waals surface area contributed by atoms with Crippen LogP contribution in [0.4, 0.5) is 0 Å². The van der Waals surface area contributed by atoms with Gasteiger partial charge in [0.25, 0.3) is 0 Å². The molecule has 0 heterocycles. The molecular formula is C10H16O3. The number of ketones is 1. The molecule has 0 saturated heterocycles. The van der Waals surface area contributed by atoms with Gasteiger partial charge in [0.1, 0.15) is 5.78 Å². The van der Waals surface area contributed by atoms with Crippen molar-refractivity contribution in [1.29, 1.82) is 0 Å². The first-order valence-electron chi connectivity index (χ1n) is 4.84. The zero-order valence-electron chi connectivity index (χ0n) is 8.21. The van der Waals surface area contributed by atoms with Crippen molar-refractivity contribution in [2.24, 2.45) is 11.8 Å². The van der Waals surface area contributed by atoms with Crippen LogP contribution in [-0.2, 0) is 14.3 Å². The molecule has 2 atom stereocenters. The van der Waals surface area contributed by atoms with Crippen LogP contribution in [0.1, 0.15) is 33.1 Å². The molecule has 0 N–H and O–H groups in total. The van der Waals surface area contributed by atoms with Crippen molar-refractivity contribution in [3.05, 3.63) is 0 Å². The van der Waals surface area contributed by atoms with Gasteiger partial charge in [-0.05, 0) is 19.8 Å². The third kappa shape index (κ3) is 2.54. The first kappa shape index (κ1) is 10.2. The van der Waals surface area contributed by atoms with Crippen molar-refractivity contribution < 1.29 is 14.3 Å². The maximum Gasteiger partial charge on any atom is 0.308 e. The normalized spacial score (nSPS) is 28.6. The molecule has 1 aliphatic carbocycles. The van der Waals surface area contributed by atoms with E-state index < -0.39 is 0 Å². The zero-order valence-corrected chi connectivity index (χ0v) is 8.21. The number of hydrogen-bond donors (Lipinski definition) is 0. The Morgan fingerprint density at radius 1 is 1.62 bits per heavy atom. The summed E-state index contributed by atoms with van der Waals surface area (Å²) in [6, 6.07) is 0. The van der Waals surface area contributed by atoms with Crippen LogP contribution >= 0.6 is 0 Å². The van der Waals surface area contributed by atoms with Crippen LogP contribution < -0.4 is 0 Å². The Hall–Kier alpha value is -0.860. The van der Waals surface area contributed by atoms with Crippen LogP contribution in [0, 0.1) is 11.8 Å². The number of rotatable bonds is 2. The van der Waals surface area contributed by atoms with E-state index >= 15 is 0 Å². The highest BCUT2D eigenvalue weighted by molar-refractivity contribution is 5.84. The van der Waals surface area contributed by atoms with Gasteiger partial charge in [-0.3, -0.25) is 9.59 Å². The van der Waals surface area contributed by atoms with Gasteiger partial charge in [0.2, 0.25) is 0 Å². The van der Waals surface area contributed by atoms with Gasteiger partial charge in [0, 0.05) is 12.3 Å². The molecule has 0 aromatic heterocycles. The van der Waals surface area contributed by atoms with E-state index in [2.05, 4.69) is 0 Å². The monoisotopic (exact) mass is 184 g/mol. The maximum absolute atomic E-state index is 11.3. The fraction of sp³-hybridized carbons (Fsp3) is 0.800. The van der Waals surface area contributed by atoms with Crippen molar-refractivity contribution in [3.63, 3.8) is 0 Å². The SMILES string of the molecule is CCOC(=O)[C@@H]1CCC(=O)[C@@H](C)C1. The van der Waals surface area contributed by atoms with Crippen molar-refractivity contribution in [1.82, 2.24) is 0 Å². The lowest BCUT2D eigenvalue weighted by molar-refractivity contribution is -0.150. The molecule has 0 aliphatic heterocycles. The van der Waals surface area contributed by atoms with Crippen molar-refractivity contribution in [2.75, 3.05) is 6.61 Å². The summed E-state index contributed by atoms with van der Waals surface area (Å²) in [5, 5.41) is 0. The van der Waals surface area contributed by atoms with E-state index in [0.29, 0.717) is 25.9 Å². The van der Waals surface area contributed by atoms with Gasteiger partial charge in [0.05, 0.1) is 12.5 Å². The van der Waals surface area contributed by atoms with Crippen LogP contribution in [0.25, 0.3) is 0 Å². The Morgan fingerprint density at radius 2 is 2.31 bits per heavy atom. The Labute approximate surface area is 78.5 Å². The van der Waals surface area contributed by atoms with E-state index in [1.165, 1.54) is 0 Å². The predicted octanol–water partition coefficient (Wildman–Crippen LogP) is 1.55. The highest BCUT2D eigenvalue weighted by atomic mass is 16.5. The third-order valence-corrected chi connectivity index (χ3v) is 2.55. The van der Waals surface area contributed by atoms with E-state index in [-0.39, 0.29) is 23.6 Å². The van der Waals surface area contributed by atoms with Crippen LogP contribution in [0.15, 0.2) is 0 Å². The summed E-state index contributed by atoms with van der Waals surface area (Å²) in [6.07, 6.45) is 1.87.